The second kappa shape index (κ2) is 12.6. The number of hydrogen-bond acceptors (Lipinski definition) is 7. The molecule has 1 N–H and O–H groups in total. The third-order valence-corrected chi connectivity index (χ3v) is 6.02. The van der Waals surface area contributed by atoms with Crippen LogP contribution in [0, 0.1) is 0 Å². The standard InChI is InChI=1S/C27H30N4O5/c32-26(33)22-8-9-23(29-20-22)4-3-14-30-15-17-31(18-16-30)27(34)36-24-10-6-21(7-11-24)12-19-35-25-5-1-2-13-28-25/h1-2,5-11,13,20H,3-4,12,14-19H2,(H,32,33). The molecule has 1 aliphatic rings. The Balaban J connectivity index is 1.13. The van der Waals surface area contributed by atoms with Crippen LogP contribution < -0.4 is 9.47 Å². The Hall–Kier alpha value is -3.98. The minimum atomic E-state index is -0.968. The molecule has 9 heteroatoms. The lowest BCUT2D eigenvalue weighted by atomic mass is 10.1. The van der Waals surface area contributed by atoms with Crippen molar-refractivity contribution in [1.29, 1.82) is 0 Å². The van der Waals surface area contributed by atoms with Crippen LogP contribution in [0.5, 0.6) is 11.6 Å². The first kappa shape index (κ1) is 25.1. The number of carboxylic acids is 1. The molecule has 0 aliphatic carbocycles. The second-order valence-electron chi connectivity index (χ2n) is 8.55. The van der Waals surface area contributed by atoms with Gasteiger partial charge in [0.15, 0.2) is 0 Å². The van der Waals surface area contributed by atoms with E-state index in [9.17, 15) is 9.59 Å². The van der Waals surface area contributed by atoms with E-state index < -0.39 is 5.97 Å². The van der Waals surface area contributed by atoms with Gasteiger partial charge in [0, 0.05) is 56.8 Å². The Morgan fingerprint density at radius 2 is 1.72 bits per heavy atom. The largest absolute Gasteiger partial charge is 0.478 e. The number of ether oxygens (including phenoxy) is 2. The maximum absolute atomic E-state index is 12.6. The van der Waals surface area contributed by atoms with Gasteiger partial charge in [-0.2, -0.15) is 0 Å². The lowest BCUT2D eigenvalue weighted by molar-refractivity contribution is 0.0696. The summed E-state index contributed by atoms with van der Waals surface area (Å²) in [5, 5.41) is 8.95. The molecule has 188 valence electrons. The summed E-state index contributed by atoms with van der Waals surface area (Å²) in [5.41, 5.74) is 2.17. The van der Waals surface area contributed by atoms with Gasteiger partial charge in [0.25, 0.3) is 0 Å². The van der Waals surface area contributed by atoms with Gasteiger partial charge in [-0.1, -0.05) is 18.2 Å². The first-order valence-electron chi connectivity index (χ1n) is 12.1. The molecule has 0 bridgehead atoms. The quantitative estimate of drug-likeness (QED) is 0.460. The van der Waals surface area contributed by atoms with Gasteiger partial charge in [-0.3, -0.25) is 9.88 Å². The van der Waals surface area contributed by atoms with Crippen molar-refractivity contribution in [2.45, 2.75) is 19.3 Å². The molecule has 4 rings (SSSR count). The van der Waals surface area contributed by atoms with Crippen LogP contribution in [0.4, 0.5) is 4.79 Å². The van der Waals surface area contributed by atoms with Crippen molar-refractivity contribution >= 4 is 12.1 Å². The van der Waals surface area contributed by atoms with Gasteiger partial charge in [0.1, 0.15) is 5.75 Å². The molecule has 0 unspecified atom stereocenters. The highest BCUT2D eigenvalue weighted by Gasteiger charge is 2.22. The van der Waals surface area contributed by atoms with Crippen molar-refractivity contribution in [3.63, 3.8) is 0 Å². The fraction of sp³-hybridized carbons (Fsp3) is 0.333. The van der Waals surface area contributed by atoms with Gasteiger partial charge < -0.3 is 19.5 Å². The number of carbonyl (C=O) groups excluding carboxylic acids is 1. The summed E-state index contributed by atoms with van der Waals surface area (Å²) in [7, 11) is 0. The maximum Gasteiger partial charge on any atom is 0.415 e. The summed E-state index contributed by atoms with van der Waals surface area (Å²) in [5.74, 6) is 0.163. The number of hydrogen-bond donors (Lipinski definition) is 1. The first-order valence-corrected chi connectivity index (χ1v) is 12.1. The highest BCUT2D eigenvalue weighted by Crippen LogP contribution is 2.15. The van der Waals surface area contributed by atoms with Crippen LogP contribution in [-0.2, 0) is 12.8 Å². The zero-order chi connectivity index (χ0) is 25.2. The third-order valence-electron chi connectivity index (χ3n) is 6.02. The number of amides is 1. The van der Waals surface area contributed by atoms with Gasteiger partial charge in [-0.25, -0.2) is 14.6 Å². The van der Waals surface area contributed by atoms with E-state index >= 15 is 0 Å². The van der Waals surface area contributed by atoms with E-state index in [4.69, 9.17) is 14.6 Å². The van der Waals surface area contributed by atoms with Gasteiger partial charge >= 0.3 is 12.1 Å². The number of pyridine rings is 2. The highest BCUT2D eigenvalue weighted by molar-refractivity contribution is 5.87. The summed E-state index contributed by atoms with van der Waals surface area (Å²) < 4.78 is 11.2. The van der Waals surface area contributed by atoms with Crippen molar-refractivity contribution in [3.8, 4) is 11.6 Å². The molecule has 0 spiro atoms. The van der Waals surface area contributed by atoms with Gasteiger partial charge in [-0.05, 0) is 55.3 Å². The van der Waals surface area contributed by atoms with Crippen LogP contribution in [0.1, 0.15) is 28.0 Å². The zero-order valence-corrected chi connectivity index (χ0v) is 20.1. The molecule has 1 aliphatic heterocycles. The van der Waals surface area contributed by atoms with E-state index in [1.807, 2.05) is 30.3 Å². The molecule has 3 aromatic rings. The molecule has 1 saturated heterocycles. The number of benzene rings is 1. The predicted molar refractivity (Wildman–Crippen MR) is 133 cm³/mol. The molecular weight excluding hydrogens is 460 g/mol. The Morgan fingerprint density at radius 1 is 0.917 bits per heavy atom. The van der Waals surface area contributed by atoms with Crippen LogP contribution >= 0.6 is 0 Å². The minimum absolute atomic E-state index is 0.198. The summed E-state index contributed by atoms with van der Waals surface area (Å²) in [6, 6.07) is 16.4. The van der Waals surface area contributed by atoms with Crippen molar-refractivity contribution in [2.24, 2.45) is 0 Å². The third kappa shape index (κ3) is 7.51. The highest BCUT2D eigenvalue weighted by atomic mass is 16.6. The number of piperazine rings is 1. The smallest absolute Gasteiger partial charge is 0.415 e. The molecule has 36 heavy (non-hydrogen) atoms. The molecule has 0 radical (unpaired) electrons. The van der Waals surface area contributed by atoms with Gasteiger partial charge in [0.05, 0.1) is 12.2 Å². The second-order valence-corrected chi connectivity index (χ2v) is 8.55. The van der Waals surface area contributed by atoms with E-state index in [0.29, 0.717) is 31.3 Å². The van der Waals surface area contributed by atoms with Crippen LogP contribution in [0.15, 0.2) is 67.0 Å². The molecule has 0 atom stereocenters. The summed E-state index contributed by atoms with van der Waals surface area (Å²) in [4.78, 5) is 35.9. The predicted octanol–water partition coefficient (Wildman–Crippen LogP) is 3.55. The molecule has 1 amide bonds. The Morgan fingerprint density at radius 3 is 2.39 bits per heavy atom. The molecular formula is C27H30N4O5. The molecule has 1 fully saturated rings. The average molecular weight is 491 g/mol. The normalized spacial score (nSPS) is 13.8. The number of rotatable bonds is 10. The van der Waals surface area contributed by atoms with E-state index in [-0.39, 0.29) is 11.7 Å². The number of nitrogens with zero attached hydrogens (tertiary/aromatic N) is 4. The van der Waals surface area contributed by atoms with Crippen molar-refractivity contribution < 1.29 is 24.2 Å². The van der Waals surface area contributed by atoms with Crippen LogP contribution in [-0.4, -0.2) is 76.3 Å². The molecule has 2 aromatic heterocycles. The fourth-order valence-corrected chi connectivity index (χ4v) is 3.93. The minimum Gasteiger partial charge on any atom is -0.478 e. The fourth-order valence-electron chi connectivity index (χ4n) is 3.93. The molecule has 0 saturated carbocycles. The topological polar surface area (TPSA) is 105 Å². The van der Waals surface area contributed by atoms with Crippen LogP contribution in [0.3, 0.4) is 0 Å². The lowest BCUT2D eigenvalue weighted by Crippen LogP contribution is -2.49. The molecule has 1 aromatic carbocycles. The molecule has 9 nitrogen and oxygen atoms in total. The number of carbonyl (C=O) groups is 2. The van der Waals surface area contributed by atoms with Crippen LogP contribution in [0.25, 0.3) is 0 Å². The SMILES string of the molecule is O=C(O)c1ccc(CCCN2CCN(C(=O)Oc3ccc(CCOc4ccccn4)cc3)CC2)nc1. The van der Waals surface area contributed by atoms with Gasteiger partial charge in [-0.15, -0.1) is 0 Å². The van der Waals surface area contributed by atoms with Crippen molar-refractivity contribution in [3.05, 3.63) is 83.8 Å². The first-order chi connectivity index (χ1) is 17.6. The number of aromatic nitrogens is 2. The number of aromatic carboxylic acids is 1. The zero-order valence-electron chi connectivity index (χ0n) is 20.1. The molecule has 3 heterocycles. The Bertz CT molecular complexity index is 1120. The summed E-state index contributed by atoms with van der Waals surface area (Å²) >= 11 is 0. The number of aryl methyl sites for hydroxylation is 1. The van der Waals surface area contributed by atoms with Gasteiger partial charge in [0.2, 0.25) is 5.88 Å². The van der Waals surface area contributed by atoms with E-state index in [2.05, 4.69) is 14.9 Å². The monoisotopic (exact) mass is 490 g/mol. The van der Waals surface area contributed by atoms with Crippen molar-refractivity contribution in [1.82, 2.24) is 19.8 Å². The van der Waals surface area contributed by atoms with Crippen molar-refractivity contribution in [2.75, 3.05) is 39.3 Å². The average Bonchev–Trinajstić information content (AvgIpc) is 2.91. The Kier molecular flexibility index (Phi) is 8.82. The Labute approximate surface area is 210 Å². The summed E-state index contributed by atoms with van der Waals surface area (Å²) in [6.45, 7) is 4.23. The van der Waals surface area contributed by atoms with Crippen LogP contribution in [0.2, 0.25) is 0 Å². The summed E-state index contributed by atoms with van der Waals surface area (Å²) in [6.07, 6.45) is 5.20. The van der Waals surface area contributed by atoms with E-state index in [1.54, 1.807) is 35.4 Å². The maximum atomic E-state index is 12.6. The van der Waals surface area contributed by atoms with E-state index in [0.717, 1.165) is 50.2 Å². The number of carboxylic acid groups (broad SMARTS) is 1. The lowest BCUT2D eigenvalue weighted by Gasteiger charge is -2.34. The van der Waals surface area contributed by atoms with E-state index in [1.165, 1.54) is 6.20 Å².